The molecule has 9 fully saturated rings. The molecule has 1 heterocycles. The lowest BCUT2D eigenvalue weighted by atomic mass is 9.55. The Morgan fingerprint density at radius 3 is 1.73 bits per heavy atom. The number of morpholine rings is 1. The molecule has 0 aromatic heterocycles. The van der Waals surface area contributed by atoms with Crippen molar-refractivity contribution in [2.45, 2.75) is 87.4 Å². The third-order valence-corrected chi connectivity index (χ3v) is 16.7. The van der Waals surface area contributed by atoms with Crippen molar-refractivity contribution >= 4 is 19.1 Å². The van der Waals surface area contributed by atoms with E-state index in [1.807, 2.05) is 11.0 Å². The molecule has 1 saturated heterocycles. The van der Waals surface area contributed by atoms with Gasteiger partial charge in [0.05, 0.1) is 13.2 Å². The van der Waals surface area contributed by atoms with Crippen LogP contribution < -0.4 is 5.30 Å². The van der Waals surface area contributed by atoms with Gasteiger partial charge in [0.1, 0.15) is 0 Å². The third-order valence-electron chi connectivity index (χ3n) is 12.8. The minimum atomic E-state index is -0.297. The molecule has 0 radical (unpaired) electrons. The van der Waals surface area contributed by atoms with Crippen LogP contribution in [0.5, 0.6) is 0 Å². The van der Waals surface area contributed by atoms with Crippen molar-refractivity contribution in [2.75, 3.05) is 26.3 Å². The molecular formula is C37H46NO2P. The average Bonchev–Trinajstić information content (AvgIpc) is 2.96. The Balaban J connectivity index is 1.16. The molecule has 0 atom stereocenters. The van der Waals surface area contributed by atoms with E-state index in [-0.39, 0.29) is 13.8 Å². The van der Waals surface area contributed by atoms with Gasteiger partial charge in [-0.25, -0.2) is 0 Å². The summed E-state index contributed by atoms with van der Waals surface area (Å²) in [6.45, 7) is 2.69. The van der Waals surface area contributed by atoms with E-state index in [2.05, 4.69) is 42.5 Å². The zero-order valence-corrected chi connectivity index (χ0v) is 25.5. The van der Waals surface area contributed by atoms with Gasteiger partial charge in [0.2, 0.25) is 0 Å². The summed E-state index contributed by atoms with van der Waals surface area (Å²) in [6.07, 6.45) is 18.2. The number of benzene rings is 2. The number of hydrogen-bond acceptors (Lipinski definition) is 2. The van der Waals surface area contributed by atoms with Gasteiger partial charge in [-0.3, -0.25) is 4.79 Å². The molecular weight excluding hydrogens is 521 g/mol. The van der Waals surface area contributed by atoms with E-state index in [1.54, 1.807) is 5.30 Å². The summed E-state index contributed by atoms with van der Waals surface area (Å²) in [7, 11) is -0.297. The number of amides is 1. The number of carbonyl (C=O) groups is 1. The van der Waals surface area contributed by atoms with Crippen LogP contribution in [0.3, 0.4) is 0 Å². The van der Waals surface area contributed by atoms with Gasteiger partial charge < -0.3 is 9.64 Å². The van der Waals surface area contributed by atoms with Crippen LogP contribution in [0.2, 0.25) is 0 Å². The standard InChI is InChI=1S/C37H46NO2P/c39-35(38-8-10-40-11-9-38)32-5-3-4-31(18-32)33-6-1-2-7-34(33)41(36-19-25-12-26(20-36)14-27(13-25)21-36)37-22-28-15-29(23-37)17-30(16-28)24-37/h1-7,18,25-30H,8-17,19-24H2. The van der Waals surface area contributed by atoms with Crippen molar-refractivity contribution in [2.24, 2.45) is 35.5 Å². The number of ether oxygens (including phenoxy) is 1. The Bertz CT molecular complexity index is 1230. The highest BCUT2D eigenvalue weighted by atomic mass is 31.1. The fraction of sp³-hybridized carbons (Fsp3) is 0.649. The fourth-order valence-corrected chi connectivity index (χ4v) is 17.7. The topological polar surface area (TPSA) is 29.5 Å². The van der Waals surface area contributed by atoms with Crippen LogP contribution in [-0.2, 0) is 4.74 Å². The van der Waals surface area contributed by atoms with Gasteiger partial charge >= 0.3 is 0 Å². The lowest BCUT2D eigenvalue weighted by molar-refractivity contribution is 0.0195. The average molecular weight is 568 g/mol. The van der Waals surface area contributed by atoms with Gasteiger partial charge in [-0.05, 0) is 151 Å². The smallest absolute Gasteiger partial charge is 0.254 e. The highest BCUT2D eigenvalue weighted by Crippen LogP contribution is 2.78. The van der Waals surface area contributed by atoms with Crippen molar-refractivity contribution in [3.63, 3.8) is 0 Å². The van der Waals surface area contributed by atoms with E-state index in [1.165, 1.54) is 88.2 Å². The molecule has 2 aromatic rings. The molecule has 0 N–H and O–H groups in total. The SMILES string of the molecule is O=C(c1cccc(-c2ccccc2P(C23CC4CC(CC(C4)C2)C3)C23CC4CC(CC(C4)C2)C3)c1)N1CCOCC1. The summed E-state index contributed by atoms with van der Waals surface area (Å²) in [4.78, 5) is 15.5. The second-order valence-corrected chi connectivity index (χ2v) is 18.7. The molecule has 1 aliphatic heterocycles. The Morgan fingerprint density at radius 2 is 1.20 bits per heavy atom. The van der Waals surface area contributed by atoms with Crippen LogP contribution in [0.4, 0.5) is 0 Å². The maximum absolute atomic E-state index is 13.5. The maximum Gasteiger partial charge on any atom is 0.254 e. The molecule has 0 spiro atoms. The minimum absolute atomic E-state index is 0.164. The number of hydrogen-bond donors (Lipinski definition) is 0. The van der Waals surface area contributed by atoms with E-state index in [0.717, 1.165) is 41.1 Å². The molecule has 41 heavy (non-hydrogen) atoms. The van der Waals surface area contributed by atoms with E-state index < -0.39 is 0 Å². The zero-order valence-electron chi connectivity index (χ0n) is 24.6. The molecule has 9 aliphatic rings. The predicted molar refractivity (Wildman–Crippen MR) is 167 cm³/mol. The predicted octanol–water partition coefficient (Wildman–Crippen LogP) is 7.87. The first-order valence-electron chi connectivity index (χ1n) is 16.9. The van der Waals surface area contributed by atoms with E-state index in [0.29, 0.717) is 36.6 Å². The second kappa shape index (κ2) is 9.65. The first-order chi connectivity index (χ1) is 20.1. The lowest BCUT2D eigenvalue weighted by Crippen LogP contribution is -2.58. The quantitative estimate of drug-likeness (QED) is 0.344. The van der Waals surface area contributed by atoms with Crippen LogP contribution in [0, 0.1) is 35.5 Å². The van der Waals surface area contributed by atoms with Gasteiger partial charge in [0.25, 0.3) is 5.91 Å². The van der Waals surface area contributed by atoms with Gasteiger partial charge in [-0.1, -0.05) is 44.3 Å². The van der Waals surface area contributed by atoms with Crippen LogP contribution in [0.25, 0.3) is 11.1 Å². The number of carbonyl (C=O) groups excluding carboxylic acids is 1. The normalized spacial score (nSPS) is 41.1. The monoisotopic (exact) mass is 567 g/mol. The zero-order chi connectivity index (χ0) is 27.2. The summed E-state index contributed by atoms with van der Waals surface area (Å²) in [5.74, 6) is 6.09. The Kier molecular flexibility index (Phi) is 6.07. The highest BCUT2D eigenvalue weighted by Gasteiger charge is 2.63. The highest BCUT2D eigenvalue weighted by molar-refractivity contribution is 7.69. The van der Waals surface area contributed by atoms with Crippen molar-refractivity contribution in [3.8, 4) is 11.1 Å². The van der Waals surface area contributed by atoms with E-state index >= 15 is 0 Å². The lowest BCUT2D eigenvalue weighted by Gasteiger charge is -2.67. The Morgan fingerprint density at radius 1 is 0.683 bits per heavy atom. The first kappa shape index (κ1) is 25.8. The number of nitrogens with zero attached hydrogens (tertiary/aromatic N) is 1. The van der Waals surface area contributed by atoms with Crippen molar-refractivity contribution in [3.05, 3.63) is 54.1 Å². The largest absolute Gasteiger partial charge is 0.378 e. The van der Waals surface area contributed by atoms with Crippen molar-refractivity contribution < 1.29 is 9.53 Å². The van der Waals surface area contributed by atoms with Gasteiger partial charge in [-0.15, -0.1) is 0 Å². The molecule has 8 saturated carbocycles. The molecule has 2 aromatic carbocycles. The number of rotatable bonds is 5. The van der Waals surface area contributed by atoms with Crippen LogP contribution in [0.1, 0.15) is 87.4 Å². The first-order valence-corrected chi connectivity index (χ1v) is 18.3. The molecule has 1 amide bonds. The van der Waals surface area contributed by atoms with Crippen LogP contribution in [-0.4, -0.2) is 47.4 Å². The molecule has 11 rings (SSSR count). The summed E-state index contributed by atoms with van der Waals surface area (Å²) < 4.78 is 5.53. The Labute approximate surface area is 247 Å². The summed E-state index contributed by atoms with van der Waals surface area (Å²) in [6, 6.07) is 18.3. The Hall–Kier alpha value is -1.70. The molecule has 3 nitrogen and oxygen atoms in total. The summed E-state index contributed by atoms with van der Waals surface area (Å²) >= 11 is 0. The molecule has 0 unspecified atom stereocenters. The fourth-order valence-electron chi connectivity index (χ4n) is 12.4. The maximum atomic E-state index is 13.5. The van der Waals surface area contributed by atoms with Crippen LogP contribution in [0.15, 0.2) is 48.5 Å². The van der Waals surface area contributed by atoms with Gasteiger partial charge in [0.15, 0.2) is 0 Å². The summed E-state index contributed by atoms with van der Waals surface area (Å²) in [5.41, 5.74) is 3.55. The van der Waals surface area contributed by atoms with E-state index in [9.17, 15) is 4.79 Å². The van der Waals surface area contributed by atoms with Crippen LogP contribution >= 0.6 is 7.92 Å². The summed E-state index contributed by atoms with van der Waals surface area (Å²) in [5, 5.41) is 2.81. The minimum Gasteiger partial charge on any atom is -0.378 e. The van der Waals surface area contributed by atoms with Crippen molar-refractivity contribution in [1.29, 1.82) is 0 Å². The van der Waals surface area contributed by atoms with Gasteiger partial charge in [0, 0.05) is 18.7 Å². The molecule has 8 aliphatic carbocycles. The second-order valence-electron chi connectivity index (χ2n) is 15.6. The molecule has 216 valence electrons. The van der Waals surface area contributed by atoms with E-state index in [4.69, 9.17) is 4.74 Å². The molecule has 8 bridgehead atoms. The third kappa shape index (κ3) is 4.22. The van der Waals surface area contributed by atoms with Gasteiger partial charge in [-0.2, -0.15) is 0 Å². The molecule has 4 heteroatoms. The van der Waals surface area contributed by atoms with Crippen molar-refractivity contribution in [1.82, 2.24) is 4.90 Å².